The summed E-state index contributed by atoms with van der Waals surface area (Å²) in [7, 11) is 1.71. The van der Waals surface area contributed by atoms with Gasteiger partial charge in [0.1, 0.15) is 4.99 Å². The average molecular weight is 286 g/mol. The van der Waals surface area contributed by atoms with Gasteiger partial charge in [0.05, 0.1) is 6.61 Å². The zero-order valence-electron chi connectivity index (χ0n) is 11.4. The van der Waals surface area contributed by atoms with Crippen LogP contribution in [0, 0.1) is 0 Å². The first-order valence-electron chi connectivity index (χ1n) is 6.45. The van der Waals surface area contributed by atoms with Crippen molar-refractivity contribution in [3.8, 4) is 0 Å². The molecular formula is C16H18N2OS. The fourth-order valence-corrected chi connectivity index (χ4v) is 2.20. The third kappa shape index (κ3) is 3.56. The van der Waals surface area contributed by atoms with E-state index in [0.29, 0.717) is 11.6 Å². The number of anilines is 2. The Labute approximate surface area is 124 Å². The van der Waals surface area contributed by atoms with Gasteiger partial charge in [0, 0.05) is 24.0 Å². The maximum atomic E-state index is 5.76. The summed E-state index contributed by atoms with van der Waals surface area (Å²) in [5.41, 5.74) is 9.78. The van der Waals surface area contributed by atoms with Gasteiger partial charge >= 0.3 is 0 Å². The zero-order valence-corrected chi connectivity index (χ0v) is 12.2. The minimum atomic E-state index is 0.391. The maximum absolute atomic E-state index is 5.76. The molecule has 0 atom stereocenters. The minimum Gasteiger partial charge on any atom is -0.389 e. The highest BCUT2D eigenvalue weighted by Gasteiger charge is 2.07. The van der Waals surface area contributed by atoms with Crippen LogP contribution in [0.3, 0.4) is 0 Å². The first-order chi connectivity index (χ1) is 9.72. The molecule has 2 rings (SSSR count). The molecule has 3 N–H and O–H groups in total. The van der Waals surface area contributed by atoms with Crippen LogP contribution in [0.4, 0.5) is 11.4 Å². The standard InChI is InChI=1S/C16H18N2OS/c1-19-11-10-12-6-2-4-8-14(12)18-15-9-5-3-7-13(15)16(17)20/h2-9,18H,10-11H2,1H3,(H2,17,20). The molecule has 2 aromatic carbocycles. The summed E-state index contributed by atoms with van der Waals surface area (Å²) in [4.78, 5) is 0.391. The van der Waals surface area contributed by atoms with Crippen LogP contribution in [-0.4, -0.2) is 18.7 Å². The lowest BCUT2D eigenvalue weighted by atomic mass is 10.1. The molecule has 0 saturated heterocycles. The van der Waals surface area contributed by atoms with Crippen molar-refractivity contribution in [2.24, 2.45) is 5.73 Å². The van der Waals surface area contributed by atoms with E-state index in [9.17, 15) is 0 Å². The highest BCUT2D eigenvalue weighted by atomic mass is 32.1. The Balaban J connectivity index is 2.28. The topological polar surface area (TPSA) is 47.3 Å². The number of ether oxygens (including phenoxy) is 1. The van der Waals surface area contributed by atoms with E-state index < -0.39 is 0 Å². The number of hydrogen-bond acceptors (Lipinski definition) is 3. The van der Waals surface area contributed by atoms with Gasteiger partial charge in [0.25, 0.3) is 0 Å². The molecule has 0 heterocycles. The van der Waals surface area contributed by atoms with Crippen LogP contribution in [-0.2, 0) is 11.2 Å². The highest BCUT2D eigenvalue weighted by molar-refractivity contribution is 7.80. The third-order valence-electron chi connectivity index (χ3n) is 3.05. The average Bonchev–Trinajstić information content (AvgIpc) is 2.47. The molecule has 2 aromatic rings. The lowest BCUT2D eigenvalue weighted by Crippen LogP contribution is -2.12. The maximum Gasteiger partial charge on any atom is 0.106 e. The highest BCUT2D eigenvalue weighted by Crippen LogP contribution is 2.24. The Hall–Kier alpha value is -1.91. The SMILES string of the molecule is COCCc1ccccc1Nc1ccccc1C(N)=S. The summed E-state index contributed by atoms with van der Waals surface area (Å²) in [5, 5.41) is 3.41. The Morgan fingerprint density at radius 1 is 1.10 bits per heavy atom. The largest absolute Gasteiger partial charge is 0.389 e. The van der Waals surface area contributed by atoms with Gasteiger partial charge in [-0.3, -0.25) is 0 Å². The number of nitrogens with two attached hydrogens (primary N) is 1. The van der Waals surface area contributed by atoms with Crippen LogP contribution in [0.2, 0.25) is 0 Å². The normalized spacial score (nSPS) is 10.2. The fraction of sp³-hybridized carbons (Fsp3) is 0.188. The molecule has 0 spiro atoms. The molecule has 0 unspecified atom stereocenters. The number of nitrogens with one attached hydrogen (secondary N) is 1. The number of para-hydroxylation sites is 2. The molecule has 0 aromatic heterocycles. The van der Waals surface area contributed by atoms with Crippen LogP contribution in [0.5, 0.6) is 0 Å². The first kappa shape index (κ1) is 14.5. The van der Waals surface area contributed by atoms with E-state index in [2.05, 4.69) is 11.4 Å². The van der Waals surface area contributed by atoms with Gasteiger partial charge in [-0.1, -0.05) is 42.5 Å². The summed E-state index contributed by atoms with van der Waals surface area (Å²) < 4.78 is 5.14. The van der Waals surface area contributed by atoms with Crippen LogP contribution < -0.4 is 11.1 Å². The van der Waals surface area contributed by atoms with E-state index in [0.717, 1.165) is 23.4 Å². The molecule has 0 radical (unpaired) electrons. The second-order valence-corrected chi connectivity index (χ2v) is 4.87. The second kappa shape index (κ2) is 7.03. The summed E-state index contributed by atoms with van der Waals surface area (Å²) >= 11 is 5.09. The molecule has 0 saturated carbocycles. The lowest BCUT2D eigenvalue weighted by Gasteiger charge is -2.14. The molecule has 0 aliphatic heterocycles. The van der Waals surface area contributed by atoms with Crippen molar-refractivity contribution in [3.63, 3.8) is 0 Å². The Morgan fingerprint density at radius 3 is 2.45 bits per heavy atom. The van der Waals surface area contributed by atoms with E-state index in [-0.39, 0.29) is 0 Å². The van der Waals surface area contributed by atoms with E-state index in [4.69, 9.17) is 22.7 Å². The van der Waals surface area contributed by atoms with E-state index >= 15 is 0 Å². The van der Waals surface area contributed by atoms with E-state index in [1.165, 1.54) is 5.56 Å². The van der Waals surface area contributed by atoms with Crippen LogP contribution >= 0.6 is 12.2 Å². The first-order valence-corrected chi connectivity index (χ1v) is 6.86. The molecule has 104 valence electrons. The van der Waals surface area contributed by atoms with Crippen LogP contribution in [0.1, 0.15) is 11.1 Å². The van der Waals surface area contributed by atoms with Gasteiger partial charge < -0.3 is 15.8 Å². The molecule has 0 fully saturated rings. The smallest absolute Gasteiger partial charge is 0.106 e. The van der Waals surface area contributed by atoms with Gasteiger partial charge in [-0.15, -0.1) is 0 Å². The van der Waals surface area contributed by atoms with Crippen LogP contribution in [0.25, 0.3) is 0 Å². The second-order valence-electron chi connectivity index (χ2n) is 4.43. The summed E-state index contributed by atoms with van der Waals surface area (Å²) in [6.45, 7) is 0.690. The number of hydrogen-bond donors (Lipinski definition) is 2. The Morgan fingerprint density at radius 2 is 1.75 bits per heavy atom. The summed E-state index contributed by atoms with van der Waals surface area (Å²) in [6.07, 6.45) is 0.856. The minimum absolute atomic E-state index is 0.391. The number of methoxy groups -OCH3 is 1. The third-order valence-corrected chi connectivity index (χ3v) is 3.27. The summed E-state index contributed by atoms with van der Waals surface area (Å²) in [5.74, 6) is 0. The number of rotatable bonds is 6. The molecule has 4 heteroatoms. The van der Waals surface area contributed by atoms with Gasteiger partial charge in [-0.2, -0.15) is 0 Å². The molecule has 0 aliphatic carbocycles. The summed E-state index contributed by atoms with van der Waals surface area (Å²) in [6, 6.07) is 15.9. The van der Waals surface area contributed by atoms with Crippen molar-refractivity contribution in [2.45, 2.75) is 6.42 Å². The van der Waals surface area contributed by atoms with Gasteiger partial charge in [-0.25, -0.2) is 0 Å². The van der Waals surface area contributed by atoms with Crippen molar-refractivity contribution < 1.29 is 4.74 Å². The number of thiocarbonyl (C=S) groups is 1. The predicted octanol–water partition coefficient (Wildman–Crippen LogP) is 3.25. The Kier molecular flexibility index (Phi) is 5.09. The quantitative estimate of drug-likeness (QED) is 0.800. The predicted molar refractivity (Wildman–Crippen MR) is 87.6 cm³/mol. The zero-order chi connectivity index (χ0) is 14.4. The van der Waals surface area contributed by atoms with Crippen molar-refractivity contribution in [1.82, 2.24) is 0 Å². The molecular weight excluding hydrogens is 268 g/mol. The molecule has 0 bridgehead atoms. The molecule has 20 heavy (non-hydrogen) atoms. The van der Waals surface area contributed by atoms with E-state index in [1.807, 2.05) is 42.5 Å². The van der Waals surface area contributed by atoms with Crippen molar-refractivity contribution >= 4 is 28.6 Å². The van der Waals surface area contributed by atoms with Gasteiger partial charge in [-0.05, 0) is 30.2 Å². The Bertz CT molecular complexity index is 599. The lowest BCUT2D eigenvalue weighted by molar-refractivity contribution is 0.202. The monoisotopic (exact) mass is 286 g/mol. The number of benzene rings is 2. The van der Waals surface area contributed by atoms with Gasteiger partial charge in [0.15, 0.2) is 0 Å². The molecule has 0 amide bonds. The molecule has 3 nitrogen and oxygen atoms in total. The van der Waals surface area contributed by atoms with Crippen molar-refractivity contribution in [2.75, 3.05) is 19.0 Å². The molecule has 0 aliphatic rings. The van der Waals surface area contributed by atoms with Crippen LogP contribution in [0.15, 0.2) is 48.5 Å². The van der Waals surface area contributed by atoms with Gasteiger partial charge in [0.2, 0.25) is 0 Å². The van der Waals surface area contributed by atoms with Crippen molar-refractivity contribution in [3.05, 3.63) is 59.7 Å². The fourth-order valence-electron chi connectivity index (χ4n) is 2.02. The van der Waals surface area contributed by atoms with E-state index in [1.54, 1.807) is 7.11 Å². The van der Waals surface area contributed by atoms with Crippen molar-refractivity contribution in [1.29, 1.82) is 0 Å².